The Morgan fingerprint density at radius 1 is 1.19 bits per heavy atom. The van der Waals surface area contributed by atoms with Gasteiger partial charge in [0.25, 0.3) is 0 Å². The van der Waals surface area contributed by atoms with Crippen molar-refractivity contribution in [2.45, 2.75) is 33.0 Å². The molecule has 0 aliphatic rings. The molecule has 0 radical (unpaired) electrons. The number of halogens is 3. The number of carboxylic acids is 1. The predicted molar refractivity (Wildman–Crippen MR) is 69.8 cm³/mol. The van der Waals surface area contributed by atoms with Crippen molar-refractivity contribution in [2.24, 2.45) is 5.41 Å². The van der Waals surface area contributed by atoms with Crippen LogP contribution in [-0.2, 0) is 4.79 Å². The third-order valence-corrected chi connectivity index (χ3v) is 2.87. The zero-order valence-corrected chi connectivity index (χ0v) is 11.8. The molecular formula is C14H16F3NO3. The molecule has 7 heteroatoms. The lowest BCUT2D eigenvalue weighted by atomic mass is 9.82. The van der Waals surface area contributed by atoms with Gasteiger partial charge in [-0.3, -0.25) is 4.79 Å². The summed E-state index contributed by atoms with van der Waals surface area (Å²) in [5.41, 5.74) is -0.471. The van der Waals surface area contributed by atoms with Gasteiger partial charge in [-0.25, -0.2) is 4.79 Å². The molecule has 1 aromatic rings. The lowest BCUT2D eigenvalue weighted by molar-refractivity contribution is -0.175. The van der Waals surface area contributed by atoms with Gasteiger partial charge in [0.1, 0.15) is 0 Å². The van der Waals surface area contributed by atoms with Crippen molar-refractivity contribution >= 4 is 11.9 Å². The molecule has 0 spiro atoms. The van der Waals surface area contributed by atoms with E-state index in [0.717, 1.165) is 0 Å². The van der Waals surface area contributed by atoms with Gasteiger partial charge in [-0.05, 0) is 23.1 Å². The maximum absolute atomic E-state index is 12.4. The standard InChI is InChI=1S/C14H16F3NO3/c1-13(2,3)10(18-12(21)14(15,16)17)8-5-4-6-9(7-8)11(19)20/h4-7,10H,1-3H3,(H,18,21)(H,19,20). The molecule has 116 valence electrons. The number of amides is 1. The Labute approximate surface area is 120 Å². The molecule has 0 heterocycles. The maximum atomic E-state index is 12.4. The first-order valence-electron chi connectivity index (χ1n) is 6.14. The molecule has 1 rings (SSSR count). The van der Waals surface area contributed by atoms with E-state index in [0.29, 0.717) is 5.56 Å². The van der Waals surface area contributed by atoms with Crippen molar-refractivity contribution in [3.05, 3.63) is 35.4 Å². The third kappa shape index (κ3) is 4.47. The number of hydrogen-bond donors (Lipinski definition) is 2. The van der Waals surface area contributed by atoms with Crippen LogP contribution in [-0.4, -0.2) is 23.2 Å². The molecular weight excluding hydrogens is 287 g/mol. The second-order valence-electron chi connectivity index (χ2n) is 5.70. The topological polar surface area (TPSA) is 66.4 Å². The summed E-state index contributed by atoms with van der Waals surface area (Å²) in [6.07, 6.45) is -4.99. The van der Waals surface area contributed by atoms with Crippen LogP contribution in [0.15, 0.2) is 24.3 Å². The predicted octanol–water partition coefficient (Wildman–Crippen LogP) is 3.15. The van der Waals surface area contributed by atoms with E-state index in [1.165, 1.54) is 24.3 Å². The van der Waals surface area contributed by atoms with Gasteiger partial charge in [-0.1, -0.05) is 32.9 Å². The highest BCUT2D eigenvalue weighted by molar-refractivity contribution is 5.88. The number of alkyl halides is 3. The molecule has 1 amide bonds. The van der Waals surface area contributed by atoms with Crippen LogP contribution >= 0.6 is 0 Å². The van der Waals surface area contributed by atoms with E-state index in [2.05, 4.69) is 0 Å². The summed E-state index contributed by atoms with van der Waals surface area (Å²) < 4.78 is 37.2. The highest BCUT2D eigenvalue weighted by Crippen LogP contribution is 2.34. The van der Waals surface area contributed by atoms with E-state index in [9.17, 15) is 22.8 Å². The second-order valence-corrected chi connectivity index (χ2v) is 5.70. The summed E-state index contributed by atoms with van der Waals surface area (Å²) in [6, 6.07) is 4.54. The minimum atomic E-state index is -4.99. The number of carboxylic acid groups (broad SMARTS) is 1. The molecule has 1 unspecified atom stereocenters. The van der Waals surface area contributed by atoms with Gasteiger partial charge in [0.2, 0.25) is 0 Å². The number of nitrogens with one attached hydrogen (secondary N) is 1. The Balaban J connectivity index is 3.18. The Morgan fingerprint density at radius 3 is 2.19 bits per heavy atom. The van der Waals surface area contributed by atoms with Gasteiger partial charge in [-0.2, -0.15) is 13.2 Å². The third-order valence-electron chi connectivity index (χ3n) is 2.87. The van der Waals surface area contributed by atoms with Crippen LogP contribution in [0.1, 0.15) is 42.7 Å². The van der Waals surface area contributed by atoms with E-state index in [4.69, 9.17) is 5.11 Å². The van der Waals surface area contributed by atoms with Crippen LogP contribution in [0.5, 0.6) is 0 Å². The average Bonchev–Trinajstić information content (AvgIpc) is 2.33. The fraction of sp³-hybridized carbons (Fsp3) is 0.429. The highest BCUT2D eigenvalue weighted by Gasteiger charge is 2.41. The van der Waals surface area contributed by atoms with Gasteiger partial charge < -0.3 is 10.4 Å². The molecule has 0 fully saturated rings. The molecule has 0 saturated heterocycles. The van der Waals surface area contributed by atoms with Crippen LogP contribution in [0.3, 0.4) is 0 Å². The van der Waals surface area contributed by atoms with Crippen molar-refractivity contribution in [3.8, 4) is 0 Å². The van der Waals surface area contributed by atoms with Crippen LogP contribution in [0.4, 0.5) is 13.2 Å². The maximum Gasteiger partial charge on any atom is 0.471 e. The number of aromatic carboxylic acids is 1. The monoisotopic (exact) mass is 303 g/mol. The van der Waals surface area contributed by atoms with Gasteiger partial charge in [0, 0.05) is 0 Å². The lowest BCUT2D eigenvalue weighted by Gasteiger charge is -2.32. The van der Waals surface area contributed by atoms with Crippen molar-refractivity contribution in [1.82, 2.24) is 5.32 Å². The smallest absolute Gasteiger partial charge is 0.471 e. The van der Waals surface area contributed by atoms with Gasteiger partial charge in [0.05, 0.1) is 11.6 Å². The molecule has 4 nitrogen and oxygen atoms in total. The quantitative estimate of drug-likeness (QED) is 0.901. The molecule has 1 atom stereocenters. The summed E-state index contributed by atoms with van der Waals surface area (Å²) in [5, 5.41) is 10.9. The molecule has 21 heavy (non-hydrogen) atoms. The van der Waals surface area contributed by atoms with E-state index in [-0.39, 0.29) is 5.56 Å². The number of carbonyl (C=O) groups excluding carboxylic acids is 1. The average molecular weight is 303 g/mol. The summed E-state index contributed by atoms with van der Waals surface area (Å²) in [7, 11) is 0. The van der Waals surface area contributed by atoms with Crippen molar-refractivity contribution in [1.29, 1.82) is 0 Å². The van der Waals surface area contributed by atoms with Crippen LogP contribution in [0.25, 0.3) is 0 Å². The molecule has 0 aromatic heterocycles. The summed E-state index contributed by atoms with van der Waals surface area (Å²) in [6.45, 7) is 4.96. The number of benzene rings is 1. The van der Waals surface area contributed by atoms with Crippen LogP contribution in [0, 0.1) is 5.41 Å². The van der Waals surface area contributed by atoms with Crippen molar-refractivity contribution < 1.29 is 27.9 Å². The first-order chi connectivity index (χ1) is 9.43. The second kappa shape index (κ2) is 5.75. The first kappa shape index (κ1) is 17.0. The SMILES string of the molecule is CC(C)(C)C(NC(=O)C(F)(F)F)c1cccc(C(=O)O)c1. The van der Waals surface area contributed by atoms with Gasteiger partial charge >= 0.3 is 18.1 Å². The fourth-order valence-electron chi connectivity index (χ4n) is 1.86. The zero-order valence-electron chi connectivity index (χ0n) is 11.8. The van der Waals surface area contributed by atoms with Gasteiger partial charge in [-0.15, -0.1) is 0 Å². The number of rotatable bonds is 3. The van der Waals surface area contributed by atoms with E-state index in [1.54, 1.807) is 20.8 Å². The highest BCUT2D eigenvalue weighted by atomic mass is 19.4. The Hall–Kier alpha value is -2.05. The number of carbonyl (C=O) groups is 2. The Morgan fingerprint density at radius 2 is 1.76 bits per heavy atom. The molecule has 0 aliphatic heterocycles. The summed E-state index contributed by atoms with van der Waals surface area (Å²) in [4.78, 5) is 22.1. The molecule has 0 aliphatic carbocycles. The minimum absolute atomic E-state index is 0.0528. The summed E-state index contributed by atoms with van der Waals surface area (Å²) in [5.74, 6) is -3.24. The first-order valence-corrected chi connectivity index (χ1v) is 6.14. The Bertz CT molecular complexity index is 547. The van der Waals surface area contributed by atoms with Crippen molar-refractivity contribution in [2.75, 3.05) is 0 Å². The van der Waals surface area contributed by atoms with E-state index in [1.807, 2.05) is 5.32 Å². The van der Waals surface area contributed by atoms with Crippen LogP contribution < -0.4 is 5.32 Å². The van der Waals surface area contributed by atoms with E-state index < -0.39 is 29.5 Å². The molecule has 0 bridgehead atoms. The zero-order chi connectivity index (χ0) is 16.4. The van der Waals surface area contributed by atoms with Crippen molar-refractivity contribution in [3.63, 3.8) is 0 Å². The molecule has 1 aromatic carbocycles. The minimum Gasteiger partial charge on any atom is -0.478 e. The van der Waals surface area contributed by atoms with E-state index >= 15 is 0 Å². The summed E-state index contributed by atoms with van der Waals surface area (Å²) >= 11 is 0. The molecule has 2 N–H and O–H groups in total. The lowest BCUT2D eigenvalue weighted by Crippen LogP contribution is -2.43. The molecule has 0 saturated carbocycles. The van der Waals surface area contributed by atoms with Gasteiger partial charge in [0.15, 0.2) is 0 Å². The number of hydrogen-bond acceptors (Lipinski definition) is 2. The Kier molecular flexibility index (Phi) is 4.65. The van der Waals surface area contributed by atoms with Crippen LogP contribution in [0.2, 0.25) is 0 Å². The fourth-order valence-corrected chi connectivity index (χ4v) is 1.86. The largest absolute Gasteiger partial charge is 0.478 e. The normalized spacial score (nSPS) is 13.6.